The lowest BCUT2D eigenvalue weighted by Crippen LogP contribution is -2.29. The van der Waals surface area contributed by atoms with Crippen LogP contribution in [0.1, 0.15) is 55.5 Å². The van der Waals surface area contributed by atoms with Gasteiger partial charge in [-0.15, -0.1) is 11.3 Å². The maximum absolute atomic E-state index is 9.13. The van der Waals surface area contributed by atoms with Crippen molar-refractivity contribution in [1.82, 2.24) is 5.32 Å². The smallest absolute Gasteiger partial charge is 0.0659 e. The molecule has 1 heterocycles. The molecule has 108 valence electrons. The Morgan fingerprint density at radius 2 is 2.37 bits per heavy atom. The lowest BCUT2D eigenvalue weighted by Gasteiger charge is -2.26. The highest BCUT2D eigenvalue weighted by Crippen LogP contribution is 2.36. The molecule has 1 aromatic heterocycles. The Morgan fingerprint density at radius 3 is 3.11 bits per heavy atom. The van der Waals surface area contributed by atoms with Crippen molar-refractivity contribution in [2.24, 2.45) is 5.92 Å². The van der Waals surface area contributed by atoms with E-state index < -0.39 is 0 Å². The molecule has 19 heavy (non-hydrogen) atoms. The molecule has 0 aliphatic heterocycles. The summed E-state index contributed by atoms with van der Waals surface area (Å²) in [4.78, 5) is 1.59. The lowest BCUT2D eigenvalue weighted by molar-refractivity contribution is 0.243. The third-order valence-electron chi connectivity index (χ3n) is 3.97. The Labute approximate surface area is 134 Å². The summed E-state index contributed by atoms with van der Waals surface area (Å²) in [6.07, 6.45) is 7.18. The molecule has 2 nitrogen and oxygen atoms in total. The fourth-order valence-electron chi connectivity index (χ4n) is 2.98. The summed E-state index contributed by atoms with van der Waals surface area (Å²) in [5.41, 5.74) is 1.54. The second kappa shape index (κ2) is 7.96. The van der Waals surface area contributed by atoms with Gasteiger partial charge in [0.1, 0.15) is 0 Å². The SMILES string of the molecule is CCCC(CCO)CNC1CCCc2sc(I)cc21. The van der Waals surface area contributed by atoms with Gasteiger partial charge in [-0.1, -0.05) is 13.3 Å². The van der Waals surface area contributed by atoms with Crippen LogP contribution in [-0.4, -0.2) is 18.3 Å². The zero-order valence-corrected chi connectivity index (χ0v) is 14.6. The van der Waals surface area contributed by atoms with Crippen molar-refractivity contribution in [3.05, 3.63) is 19.4 Å². The van der Waals surface area contributed by atoms with Gasteiger partial charge in [-0.05, 0) is 78.8 Å². The zero-order chi connectivity index (χ0) is 13.7. The van der Waals surface area contributed by atoms with Crippen LogP contribution in [0.4, 0.5) is 0 Å². The van der Waals surface area contributed by atoms with Crippen LogP contribution in [0.5, 0.6) is 0 Å². The molecule has 0 radical (unpaired) electrons. The molecular weight excluding hydrogens is 369 g/mol. The molecule has 4 heteroatoms. The molecule has 2 unspecified atom stereocenters. The van der Waals surface area contributed by atoms with Gasteiger partial charge in [0, 0.05) is 17.5 Å². The highest BCUT2D eigenvalue weighted by atomic mass is 127. The van der Waals surface area contributed by atoms with Crippen LogP contribution in [0, 0.1) is 8.80 Å². The minimum absolute atomic E-state index is 0.318. The topological polar surface area (TPSA) is 32.3 Å². The summed E-state index contributed by atoms with van der Waals surface area (Å²) in [7, 11) is 0. The number of hydrogen-bond acceptors (Lipinski definition) is 3. The van der Waals surface area contributed by atoms with E-state index in [1.54, 1.807) is 10.4 Å². The van der Waals surface area contributed by atoms with E-state index >= 15 is 0 Å². The van der Waals surface area contributed by atoms with Crippen LogP contribution in [-0.2, 0) is 6.42 Å². The Bertz CT molecular complexity index is 387. The van der Waals surface area contributed by atoms with E-state index in [4.69, 9.17) is 5.11 Å². The highest BCUT2D eigenvalue weighted by molar-refractivity contribution is 14.1. The van der Waals surface area contributed by atoms with Crippen molar-refractivity contribution in [3.63, 3.8) is 0 Å². The average molecular weight is 393 g/mol. The first kappa shape index (κ1) is 15.7. The molecule has 1 aliphatic carbocycles. The third kappa shape index (κ3) is 4.41. The van der Waals surface area contributed by atoms with Crippen molar-refractivity contribution >= 4 is 33.9 Å². The summed E-state index contributed by atoms with van der Waals surface area (Å²) in [5, 5.41) is 12.9. The molecule has 0 bridgehead atoms. The lowest BCUT2D eigenvalue weighted by atomic mass is 9.92. The molecule has 0 saturated carbocycles. The minimum Gasteiger partial charge on any atom is -0.396 e. The Balaban J connectivity index is 1.92. The van der Waals surface area contributed by atoms with Crippen molar-refractivity contribution in [2.45, 2.75) is 51.5 Å². The third-order valence-corrected chi connectivity index (χ3v) is 5.94. The number of halogens is 1. The first-order valence-electron chi connectivity index (χ1n) is 7.37. The van der Waals surface area contributed by atoms with Gasteiger partial charge in [-0.3, -0.25) is 0 Å². The van der Waals surface area contributed by atoms with Crippen LogP contribution < -0.4 is 5.32 Å². The van der Waals surface area contributed by atoms with E-state index in [9.17, 15) is 0 Å². The molecule has 2 atom stereocenters. The largest absolute Gasteiger partial charge is 0.396 e. The van der Waals surface area contributed by atoms with Crippen LogP contribution in [0.2, 0.25) is 0 Å². The van der Waals surface area contributed by atoms with Crippen molar-refractivity contribution in [3.8, 4) is 0 Å². The van der Waals surface area contributed by atoms with Crippen LogP contribution in [0.25, 0.3) is 0 Å². The van der Waals surface area contributed by atoms with E-state index in [0.29, 0.717) is 18.6 Å². The van der Waals surface area contributed by atoms with Crippen molar-refractivity contribution in [2.75, 3.05) is 13.2 Å². The monoisotopic (exact) mass is 393 g/mol. The van der Waals surface area contributed by atoms with E-state index in [0.717, 1.165) is 13.0 Å². The summed E-state index contributed by atoms with van der Waals surface area (Å²) in [6, 6.07) is 2.90. The molecule has 2 rings (SSSR count). The fourth-order valence-corrected chi connectivity index (χ4v) is 5.10. The zero-order valence-electron chi connectivity index (χ0n) is 11.6. The Morgan fingerprint density at radius 1 is 1.53 bits per heavy atom. The van der Waals surface area contributed by atoms with Gasteiger partial charge < -0.3 is 10.4 Å². The van der Waals surface area contributed by atoms with Gasteiger partial charge in [-0.25, -0.2) is 0 Å². The second-order valence-electron chi connectivity index (χ2n) is 5.45. The molecule has 0 spiro atoms. The number of aliphatic hydroxyl groups excluding tert-OH is 1. The minimum atomic E-state index is 0.318. The number of fused-ring (bicyclic) bond motifs is 1. The van der Waals surface area contributed by atoms with Crippen molar-refractivity contribution < 1.29 is 5.11 Å². The van der Waals surface area contributed by atoms with Gasteiger partial charge in [0.05, 0.1) is 2.88 Å². The highest BCUT2D eigenvalue weighted by Gasteiger charge is 2.22. The first-order valence-corrected chi connectivity index (χ1v) is 9.26. The van der Waals surface area contributed by atoms with Crippen LogP contribution in [0.3, 0.4) is 0 Å². The molecule has 1 aliphatic rings. The molecule has 0 saturated heterocycles. The van der Waals surface area contributed by atoms with E-state index in [1.165, 1.54) is 35.0 Å². The summed E-state index contributed by atoms with van der Waals surface area (Å²) in [5.74, 6) is 0.623. The summed E-state index contributed by atoms with van der Waals surface area (Å²) >= 11 is 4.39. The first-order chi connectivity index (χ1) is 9.24. The molecule has 1 aromatic rings. The molecule has 0 fully saturated rings. The van der Waals surface area contributed by atoms with Crippen LogP contribution in [0.15, 0.2) is 6.07 Å². The molecule has 0 aromatic carbocycles. The normalized spacial score (nSPS) is 20.3. The number of aliphatic hydroxyl groups is 1. The maximum atomic E-state index is 9.13. The summed E-state index contributed by atoms with van der Waals surface area (Å²) in [6.45, 7) is 3.59. The molecular formula is C15H24INOS. The fraction of sp³-hybridized carbons (Fsp3) is 0.733. The predicted octanol–water partition coefficient (Wildman–Crippen LogP) is 4.12. The quantitative estimate of drug-likeness (QED) is 0.684. The number of hydrogen-bond donors (Lipinski definition) is 2. The number of thiophene rings is 1. The summed E-state index contributed by atoms with van der Waals surface area (Å²) < 4.78 is 1.41. The van der Waals surface area contributed by atoms with Gasteiger partial charge in [0.2, 0.25) is 0 Å². The Hall–Kier alpha value is 0.350. The average Bonchev–Trinajstić information content (AvgIpc) is 2.77. The Kier molecular flexibility index (Phi) is 6.59. The molecule has 0 amide bonds. The standard InChI is InChI=1S/C15H24INOS/c1-2-4-11(7-8-18)10-17-13-5-3-6-14-12(13)9-15(16)19-14/h9,11,13,17-18H,2-8,10H2,1H3. The van der Waals surface area contributed by atoms with E-state index in [-0.39, 0.29) is 0 Å². The second-order valence-corrected chi connectivity index (χ2v) is 8.48. The number of rotatable bonds is 7. The van der Waals surface area contributed by atoms with E-state index in [1.807, 2.05) is 11.3 Å². The predicted molar refractivity (Wildman–Crippen MR) is 90.8 cm³/mol. The van der Waals surface area contributed by atoms with Gasteiger partial charge in [0.25, 0.3) is 0 Å². The number of aryl methyl sites for hydroxylation is 1. The van der Waals surface area contributed by atoms with Crippen molar-refractivity contribution in [1.29, 1.82) is 0 Å². The van der Waals surface area contributed by atoms with Gasteiger partial charge in [-0.2, -0.15) is 0 Å². The molecule has 2 N–H and O–H groups in total. The van der Waals surface area contributed by atoms with E-state index in [2.05, 4.69) is 40.9 Å². The van der Waals surface area contributed by atoms with Crippen LogP contribution >= 0.6 is 33.9 Å². The van der Waals surface area contributed by atoms with Gasteiger partial charge >= 0.3 is 0 Å². The van der Waals surface area contributed by atoms with Gasteiger partial charge in [0.15, 0.2) is 0 Å². The maximum Gasteiger partial charge on any atom is 0.0659 e. The number of nitrogens with one attached hydrogen (secondary N) is 1.